The van der Waals surface area contributed by atoms with Gasteiger partial charge >= 0.3 is 0 Å². The maximum absolute atomic E-state index is 3.97. The van der Waals surface area contributed by atoms with E-state index in [1.54, 1.807) is 0 Å². The van der Waals surface area contributed by atoms with E-state index in [1.807, 2.05) is 0 Å². The Kier molecular flexibility index (Phi) is 6.38. The smallest absolute Gasteiger partial charge is 0.0714 e. The van der Waals surface area contributed by atoms with E-state index < -0.39 is 5.41 Å². The van der Waals surface area contributed by atoms with Crippen LogP contribution in [0.4, 0.5) is 0 Å². The monoisotopic (exact) mass is 665 g/mol. The molecule has 0 amide bonds. The fourth-order valence-electron chi connectivity index (χ4n) is 7.91. The number of hydrogen-bond donors (Lipinski definition) is 0. The Morgan fingerprint density at radius 2 is 1.11 bits per heavy atom. The molecule has 0 fully saturated rings. The number of rotatable bonds is 4. The molecule has 2 heteroatoms. The van der Waals surface area contributed by atoms with Crippen molar-refractivity contribution < 1.29 is 0 Å². The average Bonchev–Trinajstić information content (AvgIpc) is 3.60. The molecule has 0 aliphatic heterocycles. The molecule has 1 aliphatic rings. The molecule has 0 saturated carbocycles. The van der Waals surface area contributed by atoms with Crippen LogP contribution in [0.3, 0.4) is 0 Å². The predicted molar refractivity (Wildman–Crippen MR) is 201 cm³/mol. The Morgan fingerprint density at radius 3 is 1.83 bits per heavy atom. The third-order valence-corrected chi connectivity index (χ3v) is 10.8. The van der Waals surface area contributed by atoms with Crippen molar-refractivity contribution in [3.63, 3.8) is 0 Å². The molecule has 9 rings (SSSR count). The first-order valence-corrected chi connectivity index (χ1v) is 17.0. The minimum absolute atomic E-state index is 0.459. The summed E-state index contributed by atoms with van der Waals surface area (Å²) in [6.07, 6.45) is 0. The second kappa shape index (κ2) is 10.7. The van der Waals surface area contributed by atoms with E-state index >= 15 is 0 Å². The standard InChI is InChI=1S/C45H32BrN/c1-29-15-21-33(22-16-29)45(34-23-17-30(2)18-24-34)39-12-8-13-41(46)44(39)37-25-19-32(28-40(37)45)31-20-26-43-38(27-31)36-11-6-7-14-42(36)47(43)35-9-4-3-5-10-35/h3-28H,1-2H3. The fraction of sp³-hybridized carbons (Fsp3) is 0.0667. The summed E-state index contributed by atoms with van der Waals surface area (Å²) in [4.78, 5) is 0. The average molecular weight is 667 g/mol. The first-order valence-electron chi connectivity index (χ1n) is 16.2. The quantitative estimate of drug-likeness (QED) is 0.176. The molecule has 0 saturated heterocycles. The van der Waals surface area contributed by atoms with Crippen LogP contribution in [0.25, 0.3) is 49.7 Å². The zero-order valence-electron chi connectivity index (χ0n) is 26.3. The van der Waals surface area contributed by atoms with Crippen LogP contribution in [0.15, 0.2) is 162 Å². The van der Waals surface area contributed by atoms with Crippen LogP contribution in [0.2, 0.25) is 0 Å². The van der Waals surface area contributed by atoms with Gasteiger partial charge in [-0.25, -0.2) is 0 Å². The third-order valence-electron chi connectivity index (χ3n) is 10.1. The van der Waals surface area contributed by atoms with Gasteiger partial charge in [0.15, 0.2) is 0 Å². The van der Waals surface area contributed by atoms with Crippen LogP contribution in [-0.4, -0.2) is 4.57 Å². The van der Waals surface area contributed by atoms with Gasteiger partial charge < -0.3 is 4.57 Å². The van der Waals surface area contributed by atoms with Crippen molar-refractivity contribution in [2.45, 2.75) is 19.3 Å². The number of benzene rings is 7. The molecule has 0 bridgehead atoms. The highest BCUT2D eigenvalue weighted by molar-refractivity contribution is 9.10. The molecular weight excluding hydrogens is 634 g/mol. The Balaban J connectivity index is 1.32. The number of hydrogen-bond acceptors (Lipinski definition) is 0. The Morgan fingerprint density at radius 1 is 0.489 bits per heavy atom. The lowest BCUT2D eigenvalue weighted by atomic mass is 9.67. The van der Waals surface area contributed by atoms with Crippen molar-refractivity contribution in [2.24, 2.45) is 0 Å². The molecule has 0 spiro atoms. The van der Waals surface area contributed by atoms with E-state index in [1.165, 1.54) is 83.1 Å². The van der Waals surface area contributed by atoms with Crippen molar-refractivity contribution in [3.05, 3.63) is 196 Å². The van der Waals surface area contributed by atoms with Crippen LogP contribution in [0.5, 0.6) is 0 Å². The molecule has 1 nitrogen and oxygen atoms in total. The van der Waals surface area contributed by atoms with Crippen LogP contribution in [0.1, 0.15) is 33.4 Å². The molecule has 0 unspecified atom stereocenters. The molecule has 224 valence electrons. The van der Waals surface area contributed by atoms with E-state index in [0.29, 0.717) is 0 Å². The second-order valence-corrected chi connectivity index (χ2v) is 13.7. The van der Waals surface area contributed by atoms with Crippen molar-refractivity contribution in [1.82, 2.24) is 4.57 Å². The van der Waals surface area contributed by atoms with E-state index in [9.17, 15) is 0 Å². The Hall–Kier alpha value is -5.18. The van der Waals surface area contributed by atoms with Gasteiger partial charge in [-0.3, -0.25) is 0 Å². The molecule has 1 aliphatic carbocycles. The van der Waals surface area contributed by atoms with E-state index in [-0.39, 0.29) is 0 Å². The Labute approximate surface area is 283 Å². The predicted octanol–water partition coefficient (Wildman–Crippen LogP) is 12.2. The zero-order valence-corrected chi connectivity index (χ0v) is 27.9. The highest BCUT2D eigenvalue weighted by atomic mass is 79.9. The van der Waals surface area contributed by atoms with Crippen LogP contribution in [-0.2, 0) is 5.41 Å². The van der Waals surface area contributed by atoms with Gasteiger partial charge in [-0.1, -0.05) is 142 Å². The van der Waals surface area contributed by atoms with Crippen molar-refractivity contribution in [1.29, 1.82) is 0 Å². The summed E-state index contributed by atoms with van der Waals surface area (Å²) < 4.78 is 3.51. The lowest BCUT2D eigenvalue weighted by Gasteiger charge is -2.34. The van der Waals surface area contributed by atoms with Crippen molar-refractivity contribution in [2.75, 3.05) is 0 Å². The lowest BCUT2D eigenvalue weighted by molar-refractivity contribution is 0.767. The minimum Gasteiger partial charge on any atom is -0.309 e. The highest BCUT2D eigenvalue weighted by Crippen LogP contribution is 2.58. The van der Waals surface area contributed by atoms with Crippen molar-refractivity contribution in [3.8, 4) is 27.9 Å². The lowest BCUT2D eigenvalue weighted by Crippen LogP contribution is -2.28. The van der Waals surface area contributed by atoms with Crippen LogP contribution < -0.4 is 0 Å². The number of para-hydroxylation sites is 2. The largest absolute Gasteiger partial charge is 0.309 e. The fourth-order valence-corrected chi connectivity index (χ4v) is 8.49. The SMILES string of the molecule is Cc1ccc(C2(c3ccc(C)cc3)c3cc(-c4ccc5c(c4)c4ccccc4n5-c4ccccc4)ccc3-c3c(Br)cccc32)cc1. The van der Waals surface area contributed by atoms with Gasteiger partial charge in [0.25, 0.3) is 0 Å². The topological polar surface area (TPSA) is 4.93 Å². The van der Waals surface area contributed by atoms with Crippen molar-refractivity contribution >= 4 is 37.7 Å². The first kappa shape index (κ1) is 28.1. The highest BCUT2D eigenvalue weighted by Gasteiger charge is 2.47. The number of aryl methyl sites for hydroxylation is 2. The van der Waals surface area contributed by atoms with Gasteiger partial charge in [-0.05, 0) is 95.3 Å². The summed E-state index contributed by atoms with van der Waals surface area (Å²) in [5.74, 6) is 0. The maximum Gasteiger partial charge on any atom is 0.0714 e. The number of nitrogens with zero attached hydrogens (tertiary/aromatic N) is 1. The number of fused-ring (bicyclic) bond motifs is 6. The summed E-state index contributed by atoms with van der Waals surface area (Å²) in [5.41, 5.74) is 15.8. The molecule has 1 heterocycles. The second-order valence-electron chi connectivity index (χ2n) is 12.8. The Bertz CT molecular complexity index is 2420. The van der Waals surface area contributed by atoms with E-state index in [4.69, 9.17) is 0 Å². The van der Waals surface area contributed by atoms with E-state index in [0.717, 1.165) is 4.47 Å². The summed E-state index contributed by atoms with van der Waals surface area (Å²) in [5, 5.41) is 2.52. The molecule has 47 heavy (non-hydrogen) atoms. The molecular formula is C45H32BrN. The van der Waals surface area contributed by atoms with Gasteiger partial charge in [0, 0.05) is 26.5 Å². The zero-order chi connectivity index (χ0) is 31.7. The molecule has 7 aromatic carbocycles. The molecule has 1 aromatic heterocycles. The van der Waals surface area contributed by atoms with E-state index in [2.05, 4.69) is 192 Å². The van der Waals surface area contributed by atoms with Gasteiger partial charge in [0.1, 0.15) is 0 Å². The van der Waals surface area contributed by atoms with Gasteiger partial charge in [-0.2, -0.15) is 0 Å². The van der Waals surface area contributed by atoms with Gasteiger partial charge in [-0.15, -0.1) is 0 Å². The molecule has 0 N–H and O–H groups in total. The summed E-state index contributed by atoms with van der Waals surface area (Å²) >= 11 is 3.97. The summed E-state index contributed by atoms with van der Waals surface area (Å²) in [6, 6.07) is 58.5. The third kappa shape index (κ3) is 4.15. The minimum atomic E-state index is -0.459. The van der Waals surface area contributed by atoms with Gasteiger partial charge in [0.2, 0.25) is 0 Å². The molecule has 0 radical (unpaired) electrons. The van der Waals surface area contributed by atoms with Crippen LogP contribution in [0, 0.1) is 13.8 Å². The number of aromatic nitrogens is 1. The number of halogens is 1. The molecule has 0 atom stereocenters. The normalized spacial score (nSPS) is 13.2. The first-order chi connectivity index (χ1) is 23.0. The van der Waals surface area contributed by atoms with Crippen LogP contribution >= 0.6 is 15.9 Å². The van der Waals surface area contributed by atoms with Gasteiger partial charge in [0.05, 0.1) is 16.4 Å². The maximum atomic E-state index is 3.97. The summed E-state index contributed by atoms with van der Waals surface area (Å²) in [7, 11) is 0. The molecule has 8 aromatic rings. The summed E-state index contributed by atoms with van der Waals surface area (Å²) in [6.45, 7) is 4.33.